The molecule has 0 spiro atoms. The normalized spacial score (nSPS) is 10.3. The van der Waals surface area contributed by atoms with Crippen molar-refractivity contribution in [2.75, 3.05) is 5.32 Å². The number of nitrogens with zero attached hydrogens (tertiary/aromatic N) is 2. The Kier molecular flexibility index (Phi) is 3.80. The van der Waals surface area contributed by atoms with Crippen molar-refractivity contribution in [1.29, 1.82) is 0 Å². The lowest BCUT2D eigenvalue weighted by Crippen LogP contribution is -2.01. The molecule has 98 valence electrons. The van der Waals surface area contributed by atoms with Gasteiger partial charge >= 0.3 is 5.69 Å². The largest absolute Gasteiger partial charge is 0.334 e. The summed E-state index contributed by atoms with van der Waals surface area (Å²) in [6, 6.07) is 7.32. The van der Waals surface area contributed by atoms with E-state index in [2.05, 4.69) is 26.2 Å². The number of rotatable bonds is 3. The highest BCUT2D eigenvalue weighted by molar-refractivity contribution is 9.10. The average Bonchev–Trinajstić information content (AvgIpc) is 2.35. The molecule has 1 aromatic carbocycles. The first-order chi connectivity index (χ1) is 8.97. The van der Waals surface area contributed by atoms with Crippen LogP contribution in [0.5, 0.6) is 0 Å². The van der Waals surface area contributed by atoms with E-state index in [1.165, 1.54) is 12.3 Å². The van der Waals surface area contributed by atoms with E-state index in [4.69, 9.17) is 0 Å². The van der Waals surface area contributed by atoms with Crippen molar-refractivity contribution >= 4 is 33.1 Å². The summed E-state index contributed by atoms with van der Waals surface area (Å²) in [5.41, 5.74) is 2.84. The van der Waals surface area contributed by atoms with Gasteiger partial charge in [0.15, 0.2) is 0 Å². The molecular formula is C13H12BrN3O2. The van der Waals surface area contributed by atoms with Gasteiger partial charge in [-0.05, 0) is 47.0 Å². The first kappa shape index (κ1) is 13.5. The first-order valence-electron chi connectivity index (χ1n) is 5.61. The SMILES string of the molecule is Cc1ccc(C)c(Nc2ncc(Br)cc2[N+](=O)[O-])c1. The molecule has 6 heteroatoms. The van der Waals surface area contributed by atoms with Gasteiger partial charge in [-0.1, -0.05) is 12.1 Å². The van der Waals surface area contributed by atoms with Crippen LogP contribution >= 0.6 is 15.9 Å². The summed E-state index contributed by atoms with van der Waals surface area (Å²) in [6.07, 6.45) is 1.53. The molecule has 0 aliphatic rings. The van der Waals surface area contributed by atoms with Crippen molar-refractivity contribution in [1.82, 2.24) is 4.98 Å². The van der Waals surface area contributed by atoms with Gasteiger partial charge in [-0.3, -0.25) is 10.1 Å². The van der Waals surface area contributed by atoms with E-state index in [-0.39, 0.29) is 11.5 Å². The van der Waals surface area contributed by atoms with Crippen LogP contribution in [0.2, 0.25) is 0 Å². The Labute approximate surface area is 119 Å². The Morgan fingerprint density at radius 2 is 2.05 bits per heavy atom. The number of nitrogens with one attached hydrogen (secondary N) is 1. The monoisotopic (exact) mass is 321 g/mol. The summed E-state index contributed by atoms with van der Waals surface area (Å²) in [5.74, 6) is 0.238. The highest BCUT2D eigenvalue weighted by Crippen LogP contribution is 2.29. The number of nitro groups is 1. The lowest BCUT2D eigenvalue weighted by molar-refractivity contribution is -0.384. The standard InChI is InChI=1S/C13H12BrN3O2/c1-8-3-4-9(2)11(5-8)16-13-12(17(18)19)6-10(14)7-15-13/h3-7H,1-2H3,(H,15,16). The Morgan fingerprint density at radius 1 is 1.32 bits per heavy atom. The second-order valence-corrected chi connectivity index (χ2v) is 5.14. The minimum Gasteiger partial charge on any atom is -0.334 e. The molecule has 0 aliphatic heterocycles. The van der Waals surface area contributed by atoms with E-state index in [0.717, 1.165) is 16.8 Å². The van der Waals surface area contributed by atoms with E-state index in [1.807, 2.05) is 32.0 Å². The van der Waals surface area contributed by atoms with Gasteiger partial charge in [0, 0.05) is 22.4 Å². The van der Waals surface area contributed by atoms with Gasteiger partial charge < -0.3 is 5.32 Å². The molecule has 0 saturated heterocycles. The van der Waals surface area contributed by atoms with Crippen molar-refractivity contribution in [3.05, 3.63) is 56.2 Å². The molecule has 1 aromatic heterocycles. The molecule has 0 fully saturated rings. The maximum atomic E-state index is 11.0. The number of aryl methyl sites for hydroxylation is 2. The van der Waals surface area contributed by atoms with Crippen LogP contribution in [0.25, 0.3) is 0 Å². The van der Waals surface area contributed by atoms with Crippen molar-refractivity contribution in [3.63, 3.8) is 0 Å². The minimum atomic E-state index is -0.453. The summed E-state index contributed by atoms with van der Waals surface area (Å²) in [4.78, 5) is 14.6. The van der Waals surface area contributed by atoms with Crippen LogP contribution in [-0.4, -0.2) is 9.91 Å². The van der Waals surface area contributed by atoms with Gasteiger partial charge in [0.2, 0.25) is 5.82 Å². The Morgan fingerprint density at radius 3 is 2.74 bits per heavy atom. The van der Waals surface area contributed by atoms with E-state index >= 15 is 0 Å². The molecular weight excluding hydrogens is 310 g/mol. The Balaban J connectivity index is 2.43. The quantitative estimate of drug-likeness (QED) is 0.682. The number of hydrogen-bond donors (Lipinski definition) is 1. The number of anilines is 2. The van der Waals surface area contributed by atoms with Gasteiger partial charge in [-0.25, -0.2) is 4.98 Å². The Bertz CT molecular complexity index is 644. The molecule has 1 N–H and O–H groups in total. The van der Waals surface area contributed by atoms with Crippen LogP contribution in [0, 0.1) is 24.0 Å². The van der Waals surface area contributed by atoms with Gasteiger partial charge in [-0.2, -0.15) is 0 Å². The molecule has 0 radical (unpaired) electrons. The fraction of sp³-hybridized carbons (Fsp3) is 0.154. The molecule has 2 rings (SSSR count). The second kappa shape index (κ2) is 5.36. The maximum Gasteiger partial charge on any atom is 0.312 e. The number of halogens is 1. The topological polar surface area (TPSA) is 68.1 Å². The molecule has 0 saturated carbocycles. The van der Waals surface area contributed by atoms with Crippen LogP contribution < -0.4 is 5.32 Å². The first-order valence-corrected chi connectivity index (χ1v) is 6.41. The molecule has 19 heavy (non-hydrogen) atoms. The van der Waals surface area contributed by atoms with Crippen LogP contribution in [-0.2, 0) is 0 Å². The third-order valence-corrected chi connectivity index (χ3v) is 3.11. The summed E-state index contributed by atoms with van der Waals surface area (Å²) in [6.45, 7) is 3.90. The van der Waals surface area contributed by atoms with Gasteiger partial charge in [-0.15, -0.1) is 0 Å². The summed E-state index contributed by atoms with van der Waals surface area (Å²) < 4.78 is 0.575. The number of pyridine rings is 1. The van der Waals surface area contributed by atoms with Crippen molar-refractivity contribution in [3.8, 4) is 0 Å². The van der Waals surface area contributed by atoms with Crippen LogP contribution in [0.3, 0.4) is 0 Å². The molecule has 2 aromatic rings. The molecule has 5 nitrogen and oxygen atoms in total. The average molecular weight is 322 g/mol. The molecule has 0 atom stereocenters. The molecule has 1 heterocycles. The molecule has 0 bridgehead atoms. The van der Waals surface area contributed by atoms with E-state index in [9.17, 15) is 10.1 Å². The highest BCUT2D eigenvalue weighted by atomic mass is 79.9. The lowest BCUT2D eigenvalue weighted by atomic mass is 10.1. The number of hydrogen-bond acceptors (Lipinski definition) is 4. The van der Waals surface area contributed by atoms with E-state index in [1.54, 1.807) is 0 Å². The van der Waals surface area contributed by atoms with Crippen molar-refractivity contribution in [2.45, 2.75) is 13.8 Å². The second-order valence-electron chi connectivity index (χ2n) is 4.22. The molecule has 0 amide bonds. The minimum absolute atomic E-state index is 0.0599. The van der Waals surface area contributed by atoms with Crippen LogP contribution in [0.4, 0.5) is 17.2 Å². The summed E-state index contributed by atoms with van der Waals surface area (Å²) in [7, 11) is 0. The number of benzene rings is 1. The van der Waals surface area contributed by atoms with Crippen LogP contribution in [0.15, 0.2) is 34.9 Å². The Hall–Kier alpha value is -1.95. The van der Waals surface area contributed by atoms with E-state index in [0.29, 0.717) is 4.47 Å². The fourth-order valence-corrected chi connectivity index (χ4v) is 1.98. The molecule has 0 unspecified atom stereocenters. The third kappa shape index (κ3) is 3.08. The predicted octanol–water partition coefficient (Wildman–Crippen LogP) is 4.11. The zero-order valence-corrected chi connectivity index (χ0v) is 12.1. The van der Waals surface area contributed by atoms with Gasteiger partial charge in [0.1, 0.15) is 0 Å². The summed E-state index contributed by atoms with van der Waals surface area (Å²) >= 11 is 3.18. The third-order valence-electron chi connectivity index (χ3n) is 2.68. The summed E-state index contributed by atoms with van der Waals surface area (Å²) in [5, 5.41) is 14.0. The number of aromatic nitrogens is 1. The smallest absolute Gasteiger partial charge is 0.312 e. The van der Waals surface area contributed by atoms with Gasteiger partial charge in [0.25, 0.3) is 0 Å². The van der Waals surface area contributed by atoms with Crippen molar-refractivity contribution < 1.29 is 4.92 Å². The zero-order valence-electron chi connectivity index (χ0n) is 10.5. The maximum absolute atomic E-state index is 11.0. The zero-order chi connectivity index (χ0) is 14.0. The molecule has 0 aliphatic carbocycles. The fourth-order valence-electron chi connectivity index (χ4n) is 1.66. The van der Waals surface area contributed by atoms with Crippen molar-refractivity contribution in [2.24, 2.45) is 0 Å². The predicted molar refractivity (Wildman–Crippen MR) is 77.8 cm³/mol. The lowest BCUT2D eigenvalue weighted by Gasteiger charge is -2.10. The highest BCUT2D eigenvalue weighted by Gasteiger charge is 2.16. The van der Waals surface area contributed by atoms with E-state index < -0.39 is 4.92 Å². The van der Waals surface area contributed by atoms with Crippen LogP contribution in [0.1, 0.15) is 11.1 Å². The van der Waals surface area contributed by atoms with Gasteiger partial charge in [0.05, 0.1) is 4.92 Å².